The Labute approximate surface area is 97.7 Å². The largest absolute Gasteiger partial charge is 0.380 e. The molecule has 15 heavy (non-hydrogen) atoms. The molecule has 0 aliphatic carbocycles. The molecule has 0 spiro atoms. The van der Waals surface area contributed by atoms with Gasteiger partial charge in [-0.2, -0.15) is 11.8 Å². The number of nitrogens with two attached hydrogens (primary N) is 1. The predicted molar refractivity (Wildman–Crippen MR) is 67.5 cm³/mol. The smallest absolute Gasteiger partial charge is 0.0593 e. The topological polar surface area (TPSA) is 38.5 Å². The lowest BCUT2D eigenvalue weighted by atomic mass is 9.90. The van der Waals surface area contributed by atoms with Gasteiger partial charge in [-0.1, -0.05) is 0 Å². The first-order chi connectivity index (χ1) is 7.25. The highest BCUT2D eigenvalue weighted by atomic mass is 32.2. The zero-order chi connectivity index (χ0) is 11.1. The second-order valence-corrected chi connectivity index (χ2v) is 5.38. The Hall–Kier alpha value is 0.230. The molecule has 0 aromatic rings. The van der Waals surface area contributed by atoms with Crippen molar-refractivity contribution >= 4 is 11.8 Å². The molecule has 0 unspecified atom stereocenters. The van der Waals surface area contributed by atoms with Crippen molar-refractivity contribution < 1.29 is 4.74 Å². The number of hydrogen-bond donors (Lipinski definition) is 1. The maximum Gasteiger partial charge on any atom is 0.0593 e. The fourth-order valence-corrected chi connectivity index (χ4v) is 3.33. The first-order valence-electron chi connectivity index (χ1n) is 5.82. The van der Waals surface area contributed by atoms with E-state index in [2.05, 4.69) is 11.9 Å². The summed E-state index contributed by atoms with van der Waals surface area (Å²) in [6.45, 7) is 5.43. The maximum atomic E-state index is 5.95. The summed E-state index contributed by atoms with van der Waals surface area (Å²) in [6, 6.07) is 0. The Morgan fingerprint density at radius 3 is 2.60 bits per heavy atom. The zero-order valence-electron chi connectivity index (χ0n) is 10.00. The Morgan fingerprint density at radius 2 is 2.07 bits per heavy atom. The molecule has 1 rings (SSSR count). The SMILES string of the molecule is CCOCCN(C)C1(CN)CCSCC1. The zero-order valence-corrected chi connectivity index (χ0v) is 10.8. The van der Waals surface area contributed by atoms with Crippen molar-refractivity contribution in [3.63, 3.8) is 0 Å². The third kappa shape index (κ3) is 3.63. The van der Waals surface area contributed by atoms with E-state index < -0.39 is 0 Å². The highest BCUT2D eigenvalue weighted by Gasteiger charge is 2.34. The first-order valence-corrected chi connectivity index (χ1v) is 6.97. The fraction of sp³-hybridized carbons (Fsp3) is 1.00. The van der Waals surface area contributed by atoms with Crippen molar-refractivity contribution in [3.05, 3.63) is 0 Å². The minimum Gasteiger partial charge on any atom is -0.380 e. The van der Waals surface area contributed by atoms with Crippen LogP contribution >= 0.6 is 11.8 Å². The molecule has 1 heterocycles. The van der Waals surface area contributed by atoms with Crippen LogP contribution in [0.3, 0.4) is 0 Å². The minimum atomic E-state index is 0.238. The van der Waals surface area contributed by atoms with Crippen LogP contribution in [0.5, 0.6) is 0 Å². The third-order valence-electron chi connectivity index (χ3n) is 3.39. The average Bonchev–Trinajstić information content (AvgIpc) is 2.30. The van der Waals surface area contributed by atoms with Gasteiger partial charge in [-0.05, 0) is 38.3 Å². The van der Waals surface area contributed by atoms with E-state index in [1.165, 1.54) is 24.3 Å². The summed E-state index contributed by atoms with van der Waals surface area (Å²) in [5.41, 5.74) is 6.19. The van der Waals surface area contributed by atoms with Gasteiger partial charge in [0.1, 0.15) is 0 Å². The van der Waals surface area contributed by atoms with E-state index in [4.69, 9.17) is 10.5 Å². The maximum absolute atomic E-state index is 5.95. The minimum absolute atomic E-state index is 0.238. The lowest BCUT2D eigenvalue weighted by molar-refractivity contribution is 0.0626. The predicted octanol–water partition coefficient (Wildman–Crippen LogP) is 1.18. The van der Waals surface area contributed by atoms with Gasteiger partial charge in [-0.3, -0.25) is 4.90 Å². The normalized spacial score (nSPS) is 20.8. The average molecular weight is 232 g/mol. The molecule has 0 atom stereocenters. The molecule has 1 aliphatic heterocycles. The number of ether oxygens (including phenoxy) is 1. The van der Waals surface area contributed by atoms with Crippen molar-refractivity contribution in [3.8, 4) is 0 Å². The summed E-state index contributed by atoms with van der Waals surface area (Å²) in [5.74, 6) is 2.49. The van der Waals surface area contributed by atoms with Crippen molar-refractivity contribution in [2.45, 2.75) is 25.3 Å². The third-order valence-corrected chi connectivity index (χ3v) is 4.37. The summed E-state index contributed by atoms with van der Waals surface area (Å²) in [5, 5.41) is 0. The molecule has 1 saturated heterocycles. The molecule has 2 N–H and O–H groups in total. The number of rotatable bonds is 6. The van der Waals surface area contributed by atoms with Gasteiger partial charge in [0.25, 0.3) is 0 Å². The molecular weight excluding hydrogens is 208 g/mol. The van der Waals surface area contributed by atoms with Gasteiger partial charge in [0.2, 0.25) is 0 Å². The van der Waals surface area contributed by atoms with Crippen molar-refractivity contribution in [2.24, 2.45) is 5.73 Å². The van der Waals surface area contributed by atoms with E-state index >= 15 is 0 Å². The van der Waals surface area contributed by atoms with E-state index in [-0.39, 0.29) is 5.54 Å². The second kappa shape index (κ2) is 6.74. The number of thioether (sulfide) groups is 1. The van der Waals surface area contributed by atoms with E-state index in [0.717, 1.165) is 26.3 Å². The number of likely N-dealkylation sites (N-methyl/N-ethyl adjacent to an activating group) is 1. The van der Waals surface area contributed by atoms with Crippen LogP contribution in [0, 0.1) is 0 Å². The van der Waals surface area contributed by atoms with E-state index in [0.29, 0.717) is 0 Å². The molecule has 0 bridgehead atoms. The Bertz CT molecular complexity index is 172. The van der Waals surface area contributed by atoms with Gasteiger partial charge in [0.05, 0.1) is 6.61 Å². The summed E-state index contributed by atoms with van der Waals surface area (Å²) in [4.78, 5) is 2.41. The van der Waals surface area contributed by atoms with E-state index in [1.54, 1.807) is 0 Å². The lowest BCUT2D eigenvalue weighted by Gasteiger charge is -2.43. The summed E-state index contributed by atoms with van der Waals surface area (Å²) < 4.78 is 5.40. The van der Waals surface area contributed by atoms with Gasteiger partial charge in [-0.25, -0.2) is 0 Å². The molecular formula is C11H24N2OS. The van der Waals surface area contributed by atoms with Crippen LogP contribution in [0.25, 0.3) is 0 Å². The van der Waals surface area contributed by atoms with Crippen LogP contribution in [0.15, 0.2) is 0 Å². The molecule has 1 fully saturated rings. The quantitative estimate of drug-likeness (QED) is 0.698. The van der Waals surface area contributed by atoms with Crippen LogP contribution in [0.1, 0.15) is 19.8 Å². The van der Waals surface area contributed by atoms with E-state index in [9.17, 15) is 0 Å². The highest BCUT2D eigenvalue weighted by molar-refractivity contribution is 7.99. The standard InChI is InChI=1S/C11H24N2OS/c1-3-14-7-6-13(2)11(10-12)4-8-15-9-5-11/h3-10,12H2,1-2H3. The lowest BCUT2D eigenvalue weighted by Crippen LogP contribution is -2.55. The number of hydrogen-bond acceptors (Lipinski definition) is 4. The van der Waals surface area contributed by atoms with Crippen molar-refractivity contribution in [2.75, 3.05) is 44.9 Å². The van der Waals surface area contributed by atoms with E-state index in [1.807, 2.05) is 18.7 Å². The monoisotopic (exact) mass is 232 g/mol. The molecule has 0 radical (unpaired) electrons. The fourth-order valence-electron chi connectivity index (χ4n) is 2.08. The number of nitrogens with zero attached hydrogens (tertiary/aromatic N) is 1. The van der Waals surface area contributed by atoms with Gasteiger partial charge >= 0.3 is 0 Å². The Balaban J connectivity index is 2.40. The van der Waals surface area contributed by atoms with Gasteiger partial charge in [-0.15, -0.1) is 0 Å². The molecule has 0 aromatic carbocycles. The Kier molecular flexibility index (Phi) is 5.97. The summed E-state index contributed by atoms with van der Waals surface area (Å²) in [7, 11) is 2.18. The van der Waals surface area contributed by atoms with Gasteiger partial charge in [0, 0.05) is 25.2 Å². The van der Waals surface area contributed by atoms with Gasteiger partial charge < -0.3 is 10.5 Å². The van der Waals surface area contributed by atoms with Crippen molar-refractivity contribution in [1.82, 2.24) is 4.90 Å². The molecule has 0 aromatic heterocycles. The summed E-state index contributed by atoms with van der Waals surface area (Å²) >= 11 is 2.04. The molecule has 90 valence electrons. The van der Waals surface area contributed by atoms with Gasteiger partial charge in [0.15, 0.2) is 0 Å². The second-order valence-electron chi connectivity index (χ2n) is 4.16. The molecule has 4 heteroatoms. The highest BCUT2D eigenvalue weighted by Crippen LogP contribution is 2.30. The van der Waals surface area contributed by atoms with Crippen LogP contribution in [0.4, 0.5) is 0 Å². The van der Waals surface area contributed by atoms with Crippen LogP contribution in [-0.4, -0.2) is 55.3 Å². The summed E-state index contributed by atoms with van der Waals surface area (Å²) in [6.07, 6.45) is 2.44. The Morgan fingerprint density at radius 1 is 1.40 bits per heavy atom. The van der Waals surface area contributed by atoms with Crippen molar-refractivity contribution in [1.29, 1.82) is 0 Å². The molecule has 0 amide bonds. The van der Waals surface area contributed by atoms with Crippen LogP contribution < -0.4 is 5.73 Å². The van der Waals surface area contributed by atoms with Crippen LogP contribution in [0.2, 0.25) is 0 Å². The molecule has 0 saturated carbocycles. The first kappa shape index (κ1) is 13.3. The molecule has 1 aliphatic rings. The van der Waals surface area contributed by atoms with Crippen LogP contribution in [-0.2, 0) is 4.74 Å². The molecule has 3 nitrogen and oxygen atoms in total.